The molecule has 1 aliphatic rings. The summed E-state index contributed by atoms with van der Waals surface area (Å²) in [6, 6.07) is 1.22. The lowest BCUT2D eigenvalue weighted by atomic mass is 10.0. The molecule has 1 aliphatic heterocycles. The van der Waals surface area contributed by atoms with Crippen LogP contribution in [0.3, 0.4) is 0 Å². The van der Waals surface area contributed by atoms with Crippen LogP contribution < -0.4 is 10.6 Å². The summed E-state index contributed by atoms with van der Waals surface area (Å²) < 4.78 is 0. The second-order valence-corrected chi connectivity index (χ2v) is 7.42. The Bertz CT molecular complexity index is 491. The Labute approximate surface area is 161 Å². The number of aliphatic imine (C=N–C) groups is 1. The number of piperidine rings is 1. The van der Waals surface area contributed by atoms with Crippen LogP contribution in [0, 0.1) is 6.92 Å². The molecule has 0 spiro atoms. The Morgan fingerprint density at radius 1 is 1.48 bits per heavy atom. The number of aromatic nitrogens is 1. The molecule has 1 aromatic heterocycles. The molecule has 0 radical (unpaired) electrons. The van der Waals surface area contributed by atoms with E-state index in [1.165, 1.54) is 30.7 Å². The molecule has 0 saturated carbocycles. The van der Waals surface area contributed by atoms with Crippen LogP contribution >= 0.6 is 35.3 Å². The number of thiazole rings is 1. The van der Waals surface area contributed by atoms with Crippen LogP contribution in [0.15, 0.2) is 11.2 Å². The molecular weight excluding hydrogens is 421 g/mol. The van der Waals surface area contributed by atoms with E-state index < -0.39 is 0 Å². The Morgan fingerprint density at radius 3 is 2.87 bits per heavy atom. The van der Waals surface area contributed by atoms with Gasteiger partial charge in [0.05, 0.1) is 6.54 Å². The van der Waals surface area contributed by atoms with Crippen LogP contribution in [-0.4, -0.2) is 48.1 Å². The number of likely N-dealkylation sites (tertiary alicyclic amines) is 1. The van der Waals surface area contributed by atoms with E-state index in [0.717, 1.165) is 24.1 Å². The van der Waals surface area contributed by atoms with Gasteiger partial charge < -0.3 is 10.6 Å². The second-order valence-electron chi connectivity index (χ2n) is 6.10. The molecule has 1 aromatic rings. The zero-order valence-electron chi connectivity index (χ0n) is 14.6. The summed E-state index contributed by atoms with van der Waals surface area (Å²) in [7, 11) is 1.82. The van der Waals surface area contributed by atoms with Crippen molar-refractivity contribution in [3.05, 3.63) is 16.1 Å². The SMILES string of the molecule is CN=C(NCc1ncc(C)s1)NCC(C)N1CCCCC1C.I. The Kier molecular flexibility index (Phi) is 9.38. The summed E-state index contributed by atoms with van der Waals surface area (Å²) >= 11 is 1.72. The summed E-state index contributed by atoms with van der Waals surface area (Å²) in [5.74, 6) is 0.851. The van der Waals surface area contributed by atoms with Crippen LogP contribution in [-0.2, 0) is 6.54 Å². The lowest BCUT2D eigenvalue weighted by Crippen LogP contribution is -2.50. The van der Waals surface area contributed by atoms with Gasteiger partial charge in [0.15, 0.2) is 5.96 Å². The molecule has 0 aromatic carbocycles. The highest BCUT2D eigenvalue weighted by atomic mass is 127. The van der Waals surface area contributed by atoms with Gasteiger partial charge in [-0.05, 0) is 40.2 Å². The van der Waals surface area contributed by atoms with Crippen molar-refractivity contribution in [2.45, 2.75) is 58.7 Å². The summed E-state index contributed by atoms with van der Waals surface area (Å²) in [6.07, 6.45) is 5.93. The average Bonchev–Trinajstić information content (AvgIpc) is 2.93. The molecular formula is C16H30IN5S. The number of hydrogen-bond donors (Lipinski definition) is 2. The minimum Gasteiger partial charge on any atom is -0.355 e. The first-order valence-electron chi connectivity index (χ1n) is 8.21. The van der Waals surface area contributed by atoms with Gasteiger partial charge >= 0.3 is 0 Å². The second kappa shape index (κ2) is 10.5. The maximum Gasteiger partial charge on any atom is 0.191 e. The smallest absolute Gasteiger partial charge is 0.191 e. The molecule has 1 saturated heterocycles. The summed E-state index contributed by atoms with van der Waals surface area (Å²) in [6.45, 7) is 9.58. The number of aryl methyl sites for hydroxylation is 1. The van der Waals surface area contributed by atoms with Crippen molar-refractivity contribution in [2.24, 2.45) is 4.99 Å². The average molecular weight is 451 g/mol. The molecule has 132 valence electrons. The highest BCUT2D eigenvalue weighted by Crippen LogP contribution is 2.18. The number of hydrogen-bond acceptors (Lipinski definition) is 4. The van der Waals surface area contributed by atoms with Gasteiger partial charge in [0.25, 0.3) is 0 Å². The maximum absolute atomic E-state index is 4.37. The van der Waals surface area contributed by atoms with E-state index in [0.29, 0.717) is 12.1 Å². The Hall–Kier alpha value is -0.410. The van der Waals surface area contributed by atoms with Gasteiger partial charge in [-0.2, -0.15) is 0 Å². The molecule has 7 heteroatoms. The van der Waals surface area contributed by atoms with Crippen LogP contribution in [0.25, 0.3) is 0 Å². The third kappa shape index (κ3) is 6.54. The topological polar surface area (TPSA) is 52.6 Å². The van der Waals surface area contributed by atoms with Crippen molar-refractivity contribution < 1.29 is 0 Å². The van der Waals surface area contributed by atoms with Crippen LogP contribution in [0.1, 0.15) is 43.0 Å². The van der Waals surface area contributed by atoms with Crippen molar-refractivity contribution in [3.63, 3.8) is 0 Å². The zero-order chi connectivity index (χ0) is 15.9. The van der Waals surface area contributed by atoms with E-state index in [2.05, 4.69) is 46.3 Å². The van der Waals surface area contributed by atoms with E-state index in [1.807, 2.05) is 13.2 Å². The van der Waals surface area contributed by atoms with Gasteiger partial charge in [0.2, 0.25) is 0 Å². The van der Waals surface area contributed by atoms with Gasteiger partial charge in [-0.25, -0.2) is 4.98 Å². The molecule has 2 rings (SSSR count). The largest absolute Gasteiger partial charge is 0.355 e. The normalized spacial score (nSPS) is 20.7. The first kappa shape index (κ1) is 20.6. The van der Waals surface area contributed by atoms with Gasteiger partial charge in [-0.3, -0.25) is 9.89 Å². The molecule has 23 heavy (non-hydrogen) atoms. The Balaban J connectivity index is 0.00000264. The standard InChI is InChI=1S/C16H29N5S.HI/c1-12-7-5-6-8-21(12)13(2)9-19-16(17-4)20-11-15-18-10-14(3)22-15;/h10,12-13H,5-9,11H2,1-4H3,(H2,17,19,20);1H. The first-order valence-corrected chi connectivity index (χ1v) is 9.03. The first-order chi connectivity index (χ1) is 10.6. The number of halogens is 1. The van der Waals surface area contributed by atoms with Gasteiger partial charge in [0, 0.05) is 36.8 Å². The van der Waals surface area contributed by atoms with Crippen molar-refractivity contribution >= 4 is 41.3 Å². The maximum atomic E-state index is 4.37. The van der Waals surface area contributed by atoms with E-state index in [4.69, 9.17) is 0 Å². The van der Waals surface area contributed by atoms with Crippen molar-refractivity contribution in [3.8, 4) is 0 Å². The zero-order valence-corrected chi connectivity index (χ0v) is 17.8. The summed E-state index contributed by atoms with van der Waals surface area (Å²) in [5.41, 5.74) is 0. The van der Waals surface area contributed by atoms with Crippen LogP contribution in [0.4, 0.5) is 0 Å². The third-order valence-corrected chi connectivity index (χ3v) is 5.20. The molecule has 0 bridgehead atoms. The fourth-order valence-electron chi connectivity index (χ4n) is 3.00. The lowest BCUT2D eigenvalue weighted by molar-refractivity contribution is 0.115. The van der Waals surface area contributed by atoms with E-state index >= 15 is 0 Å². The van der Waals surface area contributed by atoms with Crippen molar-refractivity contribution in [2.75, 3.05) is 20.1 Å². The predicted molar refractivity (Wildman–Crippen MR) is 110 cm³/mol. The molecule has 2 unspecified atom stereocenters. The monoisotopic (exact) mass is 451 g/mol. The molecule has 2 heterocycles. The number of rotatable bonds is 5. The Morgan fingerprint density at radius 2 is 2.26 bits per heavy atom. The van der Waals surface area contributed by atoms with Gasteiger partial charge in [-0.15, -0.1) is 35.3 Å². The van der Waals surface area contributed by atoms with E-state index in [-0.39, 0.29) is 24.0 Å². The highest BCUT2D eigenvalue weighted by Gasteiger charge is 2.22. The summed E-state index contributed by atoms with van der Waals surface area (Å²) in [4.78, 5) is 12.5. The molecule has 2 atom stereocenters. The molecule has 0 aliphatic carbocycles. The van der Waals surface area contributed by atoms with E-state index in [9.17, 15) is 0 Å². The fraction of sp³-hybridized carbons (Fsp3) is 0.750. The van der Waals surface area contributed by atoms with Crippen molar-refractivity contribution in [1.82, 2.24) is 20.5 Å². The fourth-order valence-corrected chi connectivity index (χ4v) is 3.73. The minimum absolute atomic E-state index is 0. The number of nitrogens with zero attached hydrogens (tertiary/aromatic N) is 3. The quantitative estimate of drug-likeness (QED) is 0.411. The van der Waals surface area contributed by atoms with Gasteiger partial charge in [0.1, 0.15) is 5.01 Å². The molecule has 1 fully saturated rings. The third-order valence-electron chi connectivity index (χ3n) is 4.29. The summed E-state index contributed by atoms with van der Waals surface area (Å²) in [5, 5.41) is 7.87. The van der Waals surface area contributed by atoms with Crippen LogP contribution in [0.2, 0.25) is 0 Å². The highest BCUT2D eigenvalue weighted by molar-refractivity contribution is 14.0. The van der Waals surface area contributed by atoms with Crippen LogP contribution in [0.5, 0.6) is 0 Å². The number of guanidine groups is 1. The molecule has 2 N–H and O–H groups in total. The molecule has 5 nitrogen and oxygen atoms in total. The van der Waals surface area contributed by atoms with Gasteiger partial charge in [-0.1, -0.05) is 6.42 Å². The number of nitrogens with one attached hydrogen (secondary N) is 2. The predicted octanol–water partition coefficient (Wildman–Crippen LogP) is 3.00. The van der Waals surface area contributed by atoms with Crippen molar-refractivity contribution in [1.29, 1.82) is 0 Å². The minimum atomic E-state index is 0. The molecule has 0 amide bonds. The lowest BCUT2D eigenvalue weighted by Gasteiger charge is -2.38. The van der Waals surface area contributed by atoms with E-state index in [1.54, 1.807) is 11.3 Å².